The molecule has 1 N–H and O–H groups in total. The summed E-state index contributed by atoms with van der Waals surface area (Å²) >= 11 is 0. The first kappa shape index (κ1) is 26.3. The summed E-state index contributed by atoms with van der Waals surface area (Å²) in [4.78, 5) is 28.5. The molecule has 3 aromatic rings. The van der Waals surface area contributed by atoms with Crippen molar-refractivity contribution in [1.29, 1.82) is 0 Å². The van der Waals surface area contributed by atoms with Crippen LogP contribution in [-0.4, -0.2) is 47.6 Å². The Morgan fingerprint density at radius 1 is 1.05 bits per heavy atom. The Labute approximate surface area is 218 Å². The first-order valence-electron chi connectivity index (χ1n) is 13.1. The molecule has 37 heavy (non-hydrogen) atoms. The van der Waals surface area contributed by atoms with Gasteiger partial charge in [0.05, 0.1) is 12.9 Å². The number of unbranched alkanes of at least 4 members (excludes halogenated alkanes) is 2. The Hall–Kier alpha value is -3.74. The third-order valence-electron chi connectivity index (χ3n) is 6.72. The van der Waals surface area contributed by atoms with Gasteiger partial charge in [-0.3, -0.25) is 9.59 Å². The van der Waals surface area contributed by atoms with E-state index in [0.717, 1.165) is 54.3 Å². The van der Waals surface area contributed by atoms with E-state index in [4.69, 9.17) is 14.3 Å². The molecule has 0 radical (unpaired) electrons. The smallest absolute Gasteiger partial charge is 0.303 e. The van der Waals surface area contributed by atoms with Gasteiger partial charge in [-0.25, -0.2) is 0 Å². The number of furan rings is 1. The zero-order chi connectivity index (χ0) is 26.2. The molecule has 1 aromatic heterocycles. The molecule has 2 aromatic carbocycles. The third kappa shape index (κ3) is 6.94. The lowest BCUT2D eigenvalue weighted by Gasteiger charge is -2.34. The first-order chi connectivity index (χ1) is 17.9. The van der Waals surface area contributed by atoms with Crippen LogP contribution in [0.4, 0.5) is 5.69 Å². The maximum absolute atomic E-state index is 13.6. The number of hydrogen-bond acceptors (Lipinski definition) is 5. The van der Waals surface area contributed by atoms with Crippen LogP contribution < -0.4 is 9.64 Å². The number of carbonyl (C=O) groups is 2. The molecule has 7 nitrogen and oxygen atoms in total. The minimum Gasteiger partial charge on any atom is -0.493 e. The zero-order valence-electron chi connectivity index (χ0n) is 21.7. The number of benzene rings is 2. The Bertz CT molecular complexity index is 1170. The molecule has 0 bridgehead atoms. The van der Waals surface area contributed by atoms with Gasteiger partial charge in [-0.05, 0) is 82.0 Å². The molecule has 2 heterocycles. The van der Waals surface area contributed by atoms with Gasteiger partial charge in [0, 0.05) is 54.5 Å². The number of rotatable bonds is 13. The molecule has 0 saturated carbocycles. The number of carboxylic acids is 1. The van der Waals surface area contributed by atoms with Crippen molar-refractivity contribution >= 4 is 17.6 Å². The number of carbonyl (C=O) groups excluding carboxylic acids is 1. The normalized spacial score (nSPS) is 12.9. The van der Waals surface area contributed by atoms with E-state index in [2.05, 4.69) is 17.0 Å². The average Bonchev–Trinajstić information content (AvgIpc) is 3.39. The lowest BCUT2D eigenvalue weighted by atomic mass is 10.1. The molecular formula is C30H36N2O5. The van der Waals surface area contributed by atoms with E-state index in [1.54, 1.807) is 6.26 Å². The van der Waals surface area contributed by atoms with Gasteiger partial charge < -0.3 is 24.1 Å². The summed E-state index contributed by atoms with van der Waals surface area (Å²) in [5, 5.41) is 8.82. The molecule has 1 saturated heterocycles. The van der Waals surface area contributed by atoms with Crippen LogP contribution >= 0.6 is 0 Å². The summed E-state index contributed by atoms with van der Waals surface area (Å²) in [6.45, 7) is 7.08. The van der Waals surface area contributed by atoms with E-state index in [9.17, 15) is 9.59 Å². The second-order valence-corrected chi connectivity index (χ2v) is 9.77. The predicted molar refractivity (Wildman–Crippen MR) is 144 cm³/mol. The number of carboxylic acid groups (broad SMARTS) is 1. The summed E-state index contributed by atoms with van der Waals surface area (Å²) in [6.07, 6.45) is 5.25. The summed E-state index contributed by atoms with van der Waals surface area (Å²) in [6, 6.07) is 17.5. The van der Waals surface area contributed by atoms with Gasteiger partial charge in [0.25, 0.3) is 5.91 Å². The molecule has 1 aliphatic heterocycles. The second-order valence-electron chi connectivity index (χ2n) is 9.77. The molecule has 1 amide bonds. The second kappa shape index (κ2) is 12.5. The number of aliphatic carboxylic acids is 1. The van der Waals surface area contributed by atoms with Crippen molar-refractivity contribution in [3.8, 4) is 17.1 Å². The fourth-order valence-electron chi connectivity index (χ4n) is 4.40. The minimum atomic E-state index is -0.765. The monoisotopic (exact) mass is 504 g/mol. The number of nitrogens with zero attached hydrogens (tertiary/aromatic N) is 2. The highest BCUT2D eigenvalue weighted by Crippen LogP contribution is 2.30. The van der Waals surface area contributed by atoms with E-state index >= 15 is 0 Å². The maximum Gasteiger partial charge on any atom is 0.303 e. The van der Waals surface area contributed by atoms with Crippen molar-refractivity contribution < 1.29 is 23.8 Å². The van der Waals surface area contributed by atoms with Crippen molar-refractivity contribution in [2.75, 3.05) is 24.6 Å². The van der Waals surface area contributed by atoms with Crippen LogP contribution in [0.5, 0.6) is 5.75 Å². The van der Waals surface area contributed by atoms with Gasteiger partial charge in [0.2, 0.25) is 0 Å². The van der Waals surface area contributed by atoms with Gasteiger partial charge in [-0.15, -0.1) is 0 Å². The van der Waals surface area contributed by atoms with E-state index in [-0.39, 0.29) is 18.4 Å². The van der Waals surface area contributed by atoms with E-state index in [1.165, 1.54) is 6.42 Å². The molecule has 0 atom stereocenters. The Morgan fingerprint density at radius 2 is 1.84 bits per heavy atom. The molecule has 0 aliphatic carbocycles. The first-order valence-corrected chi connectivity index (χ1v) is 13.1. The summed E-state index contributed by atoms with van der Waals surface area (Å²) in [5.74, 6) is 0.746. The summed E-state index contributed by atoms with van der Waals surface area (Å²) in [5.41, 5.74) is 3.68. The Kier molecular flexibility index (Phi) is 8.88. The van der Waals surface area contributed by atoms with Crippen molar-refractivity contribution in [1.82, 2.24) is 4.90 Å². The van der Waals surface area contributed by atoms with Crippen molar-refractivity contribution in [2.45, 2.75) is 58.5 Å². The third-order valence-corrected chi connectivity index (χ3v) is 6.72. The zero-order valence-corrected chi connectivity index (χ0v) is 21.7. The molecule has 0 unspecified atom stereocenters. The van der Waals surface area contributed by atoms with Crippen LogP contribution in [0, 0.1) is 0 Å². The average molecular weight is 505 g/mol. The van der Waals surface area contributed by atoms with Crippen molar-refractivity contribution in [3.63, 3.8) is 0 Å². The molecule has 0 spiro atoms. The molecule has 1 aliphatic rings. The van der Waals surface area contributed by atoms with Gasteiger partial charge in [0.1, 0.15) is 11.5 Å². The van der Waals surface area contributed by atoms with Gasteiger partial charge in [0.15, 0.2) is 0 Å². The fraction of sp³-hybridized carbons (Fsp3) is 0.400. The van der Waals surface area contributed by atoms with Crippen LogP contribution in [0.15, 0.2) is 65.3 Å². The number of ether oxygens (including phenoxy) is 1. The Morgan fingerprint density at radius 3 is 2.46 bits per heavy atom. The Balaban J connectivity index is 1.48. The quantitative estimate of drug-likeness (QED) is 0.278. The molecule has 7 heteroatoms. The van der Waals surface area contributed by atoms with Gasteiger partial charge in [-0.2, -0.15) is 0 Å². The fourth-order valence-corrected chi connectivity index (χ4v) is 4.40. The topological polar surface area (TPSA) is 83.2 Å². The summed E-state index contributed by atoms with van der Waals surface area (Å²) in [7, 11) is 0. The van der Waals surface area contributed by atoms with Gasteiger partial charge >= 0.3 is 5.97 Å². The highest BCUT2D eigenvalue weighted by molar-refractivity contribution is 5.95. The highest BCUT2D eigenvalue weighted by Gasteiger charge is 2.23. The van der Waals surface area contributed by atoms with E-state index < -0.39 is 5.97 Å². The van der Waals surface area contributed by atoms with E-state index in [0.29, 0.717) is 25.1 Å². The number of amides is 1. The number of anilines is 1. The highest BCUT2D eigenvalue weighted by atomic mass is 16.5. The largest absolute Gasteiger partial charge is 0.493 e. The van der Waals surface area contributed by atoms with Crippen molar-refractivity contribution in [3.05, 3.63) is 72.0 Å². The van der Waals surface area contributed by atoms with Crippen LogP contribution in [0.3, 0.4) is 0 Å². The molecule has 196 valence electrons. The van der Waals surface area contributed by atoms with Crippen LogP contribution in [0.25, 0.3) is 11.3 Å². The summed E-state index contributed by atoms with van der Waals surface area (Å²) < 4.78 is 11.6. The number of hydrogen-bond donors (Lipinski definition) is 1. The standard InChI is InChI=1S/C30H36N2O5/c1-22(2)32(30(35)24-12-10-23(11-13-24)27-8-6-19-37-27)21-25-20-26(31-16-7-17-31)14-15-28(25)36-18-5-3-4-9-29(33)34/h6,8,10-15,19-20,22H,3-5,7,9,16-18,21H2,1-2H3,(H,33,34). The lowest BCUT2D eigenvalue weighted by molar-refractivity contribution is -0.137. The molecular weight excluding hydrogens is 468 g/mol. The molecule has 4 rings (SSSR count). The van der Waals surface area contributed by atoms with Crippen molar-refractivity contribution in [2.24, 2.45) is 0 Å². The minimum absolute atomic E-state index is 0.00576. The van der Waals surface area contributed by atoms with Gasteiger partial charge in [-0.1, -0.05) is 12.1 Å². The SMILES string of the molecule is CC(C)N(Cc1cc(N2CCC2)ccc1OCCCCCC(=O)O)C(=O)c1ccc(-c2ccco2)cc1. The van der Waals surface area contributed by atoms with E-state index in [1.807, 2.05) is 61.2 Å². The lowest BCUT2D eigenvalue weighted by Crippen LogP contribution is -2.38. The molecule has 1 fully saturated rings. The van der Waals surface area contributed by atoms with Crippen LogP contribution in [0.2, 0.25) is 0 Å². The van der Waals surface area contributed by atoms with Crippen LogP contribution in [-0.2, 0) is 11.3 Å². The van der Waals surface area contributed by atoms with Crippen LogP contribution in [0.1, 0.15) is 61.9 Å². The predicted octanol–water partition coefficient (Wildman–Crippen LogP) is 6.23. The maximum atomic E-state index is 13.6.